The van der Waals surface area contributed by atoms with Crippen molar-refractivity contribution in [3.63, 3.8) is 0 Å². The molecular weight excluding hydrogens is 659 g/mol. The molecule has 3 heteroatoms. The van der Waals surface area contributed by atoms with Crippen LogP contribution in [-0.2, 0) is 5.41 Å². The minimum atomic E-state index is -0.133. The molecule has 0 bridgehead atoms. The van der Waals surface area contributed by atoms with Crippen molar-refractivity contribution in [3.8, 4) is 39.1 Å². The first-order chi connectivity index (χ1) is 26.5. The van der Waals surface area contributed by atoms with Gasteiger partial charge in [0.15, 0.2) is 0 Å². The third-order valence-electron chi connectivity index (χ3n) is 12.0. The predicted molar refractivity (Wildman–Crippen MR) is 224 cm³/mol. The standard InChI is InChI=1S/C51H33NO2/c1-51(2)42-21-16-30(29-41(42)49-43(51)22-20-37-35-12-6-9-15-47(35)54-50(37)49)31-17-23-44-38(26-31)39-27-32(18-24-45(39)52(44)34-10-4-3-5-11-34)33-19-25-48-40(28-33)36-13-7-8-14-46(36)53-48/h3-29H,1-2H3. The van der Waals surface area contributed by atoms with Gasteiger partial charge in [-0.1, -0.05) is 111 Å². The van der Waals surface area contributed by atoms with E-state index < -0.39 is 0 Å². The predicted octanol–water partition coefficient (Wildman–Crippen LogP) is 14.2. The first-order valence-electron chi connectivity index (χ1n) is 18.7. The van der Waals surface area contributed by atoms with Gasteiger partial charge in [0, 0.05) is 49.0 Å². The second kappa shape index (κ2) is 10.6. The molecule has 0 fully saturated rings. The van der Waals surface area contributed by atoms with Gasteiger partial charge in [-0.3, -0.25) is 0 Å². The Morgan fingerprint density at radius 2 is 0.944 bits per heavy atom. The first-order valence-corrected chi connectivity index (χ1v) is 18.7. The van der Waals surface area contributed by atoms with E-state index in [-0.39, 0.29) is 5.41 Å². The Morgan fingerprint density at radius 1 is 0.407 bits per heavy atom. The quantitative estimate of drug-likeness (QED) is 0.185. The van der Waals surface area contributed by atoms with E-state index in [2.05, 4.69) is 170 Å². The number of nitrogens with zero attached hydrogens (tertiary/aromatic N) is 1. The third-order valence-corrected chi connectivity index (χ3v) is 12.0. The highest BCUT2D eigenvalue weighted by atomic mass is 16.3. The number of benzene rings is 8. The van der Waals surface area contributed by atoms with Crippen LogP contribution in [0.15, 0.2) is 173 Å². The summed E-state index contributed by atoms with van der Waals surface area (Å²) in [7, 11) is 0. The molecule has 11 aromatic rings. The summed E-state index contributed by atoms with van der Waals surface area (Å²) < 4.78 is 15.2. The molecule has 254 valence electrons. The van der Waals surface area contributed by atoms with E-state index >= 15 is 0 Å². The molecule has 0 spiro atoms. The molecule has 0 aliphatic heterocycles. The minimum absolute atomic E-state index is 0.133. The highest BCUT2D eigenvalue weighted by Gasteiger charge is 2.38. The molecule has 3 aromatic heterocycles. The fourth-order valence-electron chi connectivity index (χ4n) is 9.34. The Morgan fingerprint density at radius 3 is 1.67 bits per heavy atom. The summed E-state index contributed by atoms with van der Waals surface area (Å²) in [4.78, 5) is 0. The fourth-order valence-corrected chi connectivity index (χ4v) is 9.34. The Bertz CT molecular complexity index is 3350. The van der Waals surface area contributed by atoms with Crippen LogP contribution in [0.5, 0.6) is 0 Å². The third kappa shape index (κ3) is 4.01. The first kappa shape index (κ1) is 29.7. The van der Waals surface area contributed by atoms with Gasteiger partial charge in [0.2, 0.25) is 0 Å². The number of fused-ring (bicyclic) bond motifs is 13. The van der Waals surface area contributed by atoms with Crippen LogP contribution in [0.4, 0.5) is 0 Å². The van der Waals surface area contributed by atoms with Crippen molar-refractivity contribution >= 4 is 65.7 Å². The number of aromatic nitrogens is 1. The van der Waals surface area contributed by atoms with E-state index in [9.17, 15) is 0 Å². The van der Waals surface area contributed by atoms with Crippen LogP contribution in [-0.4, -0.2) is 4.57 Å². The van der Waals surface area contributed by atoms with Crippen molar-refractivity contribution in [1.82, 2.24) is 4.57 Å². The van der Waals surface area contributed by atoms with Crippen molar-refractivity contribution in [2.45, 2.75) is 19.3 Å². The van der Waals surface area contributed by atoms with Gasteiger partial charge < -0.3 is 13.4 Å². The topological polar surface area (TPSA) is 31.2 Å². The van der Waals surface area contributed by atoms with Crippen LogP contribution in [0, 0.1) is 0 Å². The van der Waals surface area contributed by atoms with Gasteiger partial charge >= 0.3 is 0 Å². The summed E-state index contributed by atoms with van der Waals surface area (Å²) in [5.74, 6) is 0. The van der Waals surface area contributed by atoms with E-state index in [0.717, 1.165) is 44.2 Å². The van der Waals surface area contributed by atoms with E-state index in [4.69, 9.17) is 8.83 Å². The van der Waals surface area contributed by atoms with E-state index in [1.54, 1.807) is 0 Å². The van der Waals surface area contributed by atoms with Gasteiger partial charge in [-0.05, 0) is 106 Å². The van der Waals surface area contributed by atoms with E-state index in [0.29, 0.717) is 0 Å². The summed E-state index contributed by atoms with van der Waals surface area (Å²) in [5.41, 5.74) is 17.0. The molecular formula is C51H33NO2. The number of hydrogen-bond donors (Lipinski definition) is 0. The molecule has 12 rings (SSSR count). The van der Waals surface area contributed by atoms with Crippen LogP contribution in [0.2, 0.25) is 0 Å². The maximum absolute atomic E-state index is 6.62. The zero-order valence-corrected chi connectivity index (χ0v) is 29.9. The number of para-hydroxylation sites is 3. The lowest BCUT2D eigenvalue weighted by Gasteiger charge is -2.21. The molecule has 0 saturated heterocycles. The molecule has 54 heavy (non-hydrogen) atoms. The summed E-state index contributed by atoms with van der Waals surface area (Å²) >= 11 is 0. The van der Waals surface area contributed by atoms with Crippen molar-refractivity contribution in [2.75, 3.05) is 0 Å². The number of rotatable bonds is 3. The Labute approximate surface area is 311 Å². The molecule has 0 saturated carbocycles. The summed E-state index contributed by atoms with van der Waals surface area (Å²) in [6, 6.07) is 59.4. The van der Waals surface area contributed by atoms with Crippen molar-refractivity contribution in [3.05, 3.63) is 175 Å². The average molecular weight is 692 g/mol. The second-order valence-electron chi connectivity index (χ2n) is 15.3. The molecule has 0 unspecified atom stereocenters. The van der Waals surface area contributed by atoms with Gasteiger partial charge in [0.25, 0.3) is 0 Å². The lowest BCUT2D eigenvalue weighted by Crippen LogP contribution is -2.14. The Hall–Kier alpha value is -6.84. The van der Waals surface area contributed by atoms with Gasteiger partial charge in [-0.2, -0.15) is 0 Å². The minimum Gasteiger partial charge on any atom is -0.456 e. The fraction of sp³-hybridized carbons (Fsp3) is 0.0588. The van der Waals surface area contributed by atoms with Crippen molar-refractivity contribution in [1.29, 1.82) is 0 Å². The second-order valence-corrected chi connectivity index (χ2v) is 15.3. The van der Waals surface area contributed by atoms with Crippen molar-refractivity contribution < 1.29 is 8.83 Å². The molecule has 8 aromatic carbocycles. The maximum Gasteiger partial charge on any atom is 0.143 e. The number of furan rings is 2. The summed E-state index contributed by atoms with van der Waals surface area (Å²) in [6.45, 7) is 4.67. The van der Waals surface area contributed by atoms with Crippen molar-refractivity contribution in [2.24, 2.45) is 0 Å². The lowest BCUT2D eigenvalue weighted by atomic mass is 9.82. The molecule has 0 radical (unpaired) electrons. The number of hydrogen-bond acceptors (Lipinski definition) is 2. The molecule has 0 N–H and O–H groups in total. The molecule has 3 heterocycles. The Kier molecular flexibility index (Phi) is 5.84. The van der Waals surface area contributed by atoms with Gasteiger partial charge in [-0.25, -0.2) is 0 Å². The molecule has 1 aliphatic carbocycles. The van der Waals surface area contributed by atoms with Crippen LogP contribution in [0.1, 0.15) is 25.0 Å². The van der Waals surface area contributed by atoms with Gasteiger partial charge in [0.1, 0.15) is 22.3 Å². The summed E-state index contributed by atoms with van der Waals surface area (Å²) in [5, 5.41) is 7.06. The van der Waals surface area contributed by atoms with Crippen LogP contribution >= 0.6 is 0 Å². The monoisotopic (exact) mass is 691 g/mol. The molecule has 0 amide bonds. The Balaban J connectivity index is 1.06. The van der Waals surface area contributed by atoms with Gasteiger partial charge in [-0.15, -0.1) is 0 Å². The van der Waals surface area contributed by atoms with Crippen LogP contribution in [0.25, 0.3) is 105 Å². The molecule has 3 nitrogen and oxygen atoms in total. The summed E-state index contributed by atoms with van der Waals surface area (Å²) in [6.07, 6.45) is 0. The van der Waals surface area contributed by atoms with E-state index in [1.807, 2.05) is 12.1 Å². The maximum atomic E-state index is 6.62. The zero-order valence-electron chi connectivity index (χ0n) is 29.9. The zero-order chi connectivity index (χ0) is 35.7. The van der Waals surface area contributed by atoms with E-state index in [1.165, 1.54) is 71.7 Å². The lowest BCUT2D eigenvalue weighted by molar-refractivity contribution is 0.653. The SMILES string of the molecule is CC1(C)c2ccc(-c3ccc4c(c3)c3cc(-c5ccc6oc7ccccc7c6c5)ccc3n4-c3ccccc3)cc2-c2c1ccc1c2oc2ccccc21. The largest absolute Gasteiger partial charge is 0.456 e. The van der Waals surface area contributed by atoms with Crippen LogP contribution < -0.4 is 0 Å². The highest BCUT2D eigenvalue weighted by Crippen LogP contribution is 2.53. The molecule has 0 atom stereocenters. The molecule has 1 aliphatic rings. The smallest absolute Gasteiger partial charge is 0.143 e. The highest BCUT2D eigenvalue weighted by molar-refractivity contribution is 6.14. The average Bonchev–Trinajstić information content (AvgIpc) is 3.94. The van der Waals surface area contributed by atoms with Gasteiger partial charge in [0.05, 0.1) is 11.0 Å². The normalized spacial score (nSPS) is 13.5. The van der Waals surface area contributed by atoms with Crippen LogP contribution in [0.3, 0.4) is 0 Å².